The Kier molecular flexibility index (Phi) is 4.29. The van der Waals surface area contributed by atoms with E-state index in [0.717, 1.165) is 0 Å². The lowest BCUT2D eigenvalue weighted by Gasteiger charge is -2.48. The maximum absolute atomic E-state index is 13.8. The van der Waals surface area contributed by atoms with Crippen molar-refractivity contribution in [2.24, 2.45) is 0 Å². The van der Waals surface area contributed by atoms with Crippen LogP contribution in [0, 0.1) is 5.82 Å². The fourth-order valence-electron chi connectivity index (χ4n) is 4.70. The Morgan fingerprint density at radius 2 is 2.00 bits per heavy atom. The first-order valence-corrected chi connectivity index (χ1v) is 10.7. The third-order valence-electron chi connectivity index (χ3n) is 6.24. The minimum atomic E-state index is -2.68. The molecule has 4 aromatic rings. The van der Waals surface area contributed by atoms with Crippen LogP contribution >= 0.6 is 0 Å². The second-order valence-corrected chi connectivity index (χ2v) is 8.32. The number of alkyl halides is 2. The number of anilines is 1. The fourth-order valence-corrected chi connectivity index (χ4v) is 4.70. The molecule has 1 aliphatic carbocycles. The molecule has 11 heteroatoms. The molecule has 3 aromatic heterocycles. The van der Waals surface area contributed by atoms with E-state index in [9.17, 15) is 13.2 Å². The van der Waals surface area contributed by atoms with Gasteiger partial charge in [0.05, 0.1) is 12.2 Å². The summed E-state index contributed by atoms with van der Waals surface area (Å²) >= 11 is 0. The largest absolute Gasteiger partial charge is 0.341 e. The van der Waals surface area contributed by atoms with Crippen molar-refractivity contribution in [2.75, 3.05) is 4.90 Å². The van der Waals surface area contributed by atoms with Gasteiger partial charge >= 0.3 is 0 Å². The van der Waals surface area contributed by atoms with Crippen LogP contribution in [-0.4, -0.2) is 46.2 Å². The molecule has 33 heavy (non-hydrogen) atoms. The molecule has 1 atom stereocenters. The molecule has 0 amide bonds. The second-order valence-electron chi connectivity index (χ2n) is 8.32. The molecule has 4 heterocycles. The monoisotopic (exact) mass is 452 g/mol. The molecular weight excluding hydrogens is 433 g/mol. The highest BCUT2D eigenvalue weighted by atomic mass is 19.3. The quantitative estimate of drug-likeness (QED) is 0.464. The average Bonchev–Trinajstić information content (AvgIpc) is 3.46. The molecule has 1 unspecified atom stereocenters. The lowest BCUT2D eigenvalue weighted by molar-refractivity contribution is -0.0878. The summed E-state index contributed by atoms with van der Waals surface area (Å²) in [4.78, 5) is 15.6. The zero-order chi connectivity index (χ0) is 22.7. The van der Waals surface area contributed by atoms with E-state index in [1.807, 2.05) is 16.4 Å². The summed E-state index contributed by atoms with van der Waals surface area (Å²) in [5, 5.41) is 8.28. The zero-order valence-electron chi connectivity index (χ0n) is 17.6. The number of hydrogen-bond acceptors (Lipinski definition) is 6. The van der Waals surface area contributed by atoms with Gasteiger partial charge in [-0.15, -0.1) is 10.2 Å². The van der Waals surface area contributed by atoms with Crippen molar-refractivity contribution in [3.63, 3.8) is 0 Å². The maximum atomic E-state index is 13.8. The van der Waals surface area contributed by atoms with Crippen molar-refractivity contribution in [1.29, 1.82) is 0 Å². The average molecular weight is 452 g/mol. The fraction of sp³-hybridized carbons (Fsp3) is 0.318. The van der Waals surface area contributed by atoms with E-state index in [-0.39, 0.29) is 30.7 Å². The van der Waals surface area contributed by atoms with Crippen LogP contribution in [0.3, 0.4) is 0 Å². The Labute approximate surface area is 186 Å². The molecule has 0 radical (unpaired) electrons. The van der Waals surface area contributed by atoms with E-state index in [2.05, 4.69) is 20.2 Å². The minimum Gasteiger partial charge on any atom is -0.341 e. The Morgan fingerprint density at radius 1 is 1.15 bits per heavy atom. The predicted octanol–water partition coefficient (Wildman–Crippen LogP) is 4.12. The van der Waals surface area contributed by atoms with Gasteiger partial charge in [-0.3, -0.25) is 9.13 Å². The van der Waals surface area contributed by atoms with E-state index in [0.29, 0.717) is 41.1 Å². The summed E-state index contributed by atoms with van der Waals surface area (Å²) in [7, 11) is 0. The molecule has 1 fully saturated rings. The third-order valence-corrected chi connectivity index (χ3v) is 6.24. The van der Waals surface area contributed by atoms with Crippen molar-refractivity contribution in [2.45, 2.75) is 44.2 Å². The van der Waals surface area contributed by atoms with Crippen LogP contribution in [0.1, 0.15) is 38.1 Å². The molecule has 1 saturated carbocycles. The number of benzene rings is 1. The number of imidazole rings is 1. The number of rotatable bonds is 4. The van der Waals surface area contributed by atoms with Crippen LogP contribution < -0.4 is 4.90 Å². The molecule has 6 rings (SSSR count). The van der Waals surface area contributed by atoms with Gasteiger partial charge in [-0.1, -0.05) is 19.1 Å². The molecular formula is C22H19F3N8. The standard InChI is InChI=1S/C22H19F3N8/c1-2-16-20-30-28-12-32(20)17-11-27-21(29-19(17)33(16)15-9-22(24,25)10-15)31-7-6-26-18(31)13-4-3-5-14(23)8-13/h3-8,11-12,15-16H,2,9-10H2,1H3. The van der Waals surface area contributed by atoms with E-state index in [1.165, 1.54) is 12.1 Å². The molecule has 0 N–H and O–H groups in total. The van der Waals surface area contributed by atoms with Crippen LogP contribution in [0.25, 0.3) is 23.0 Å². The van der Waals surface area contributed by atoms with Gasteiger partial charge < -0.3 is 4.90 Å². The summed E-state index contributed by atoms with van der Waals surface area (Å²) < 4.78 is 44.9. The van der Waals surface area contributed by atoms with Crippen LogP contribution in [-0.2, 0) is 0 Å². The van der Waals surface area contributed by atoms with E-state index >= 15 is 0 Å². The number of nitrogens with zero attached hydrogens (tertiary/aromatic N) is 8. The first-order valence-electron chi connectivity index (χ1n) is 10.7. The number of fused-ring (bicyclic) bond motifs is 3. The summed E-state index contributed by atoms with van der Waals surface area (Å²) in [6.45, 7) is 1.98. The van der Waals surface area contributed by atoms with Crippen molar-refractivity contribution < 1.29 is 13.2 Å². The number of halogens is 3. The van der Waals surface area contributed by atoms with E-state index in [4.69, 9.17) is 4.98 Å². The minimum absolute atomic E-state index is 0.240. The molecule has 1 aliphatic heterocycles. The van der Waals surface area contributed by atoms with Gasteiger partial charge in [0, 0.05) is 36.8 Å². The van der Waals surface area contributed by atoms with Gasteiger partial charge in [0.15, 0.2) is 11.6 Å². The predicted molar refractivity (Wildman–Crippen MR) is 113 cm³/mol. The van der Waals surface area contributed by atoms with Crippen LogP contribution in [0.2, 0.25) is 0 Å². The van der Waals surface area contributed by atoms with Gasteiger partial charge in [-0.05, 0) is 18.6 Å². The first kappa shape index (κ1) is 19.9. The van der Waals surface area contributed by atoms with Crippen LogP contribution in [0.5, 0.6) is 0 Å². The topological polar surface area (TPSA) is 77.5 Å². The Bertz CT molecular complexity index is 1340. The van der Waals surface area contributed by atoms with Crippen LogP contribution in [0.15, 0.2) is 49.2 Å². The Morgan fingerprint density at radius 3 is 2.76 bits per heavy atom. The smallest absolute Gasteiger partial charge is 0.252 e. The normalized spacial score (nSPS) is 19.2. The zero-order valence-corrected chi connectivity index (χ0v) is 17.6. The SMILES string of the molecule is CCC1c2nncn2-c2cnc(-n3ccnc3-c3cccc(F)c3)nc2N1C1CC(F)(F)C1. The van der Waals surface area contributed by atoms with Crippen molar-refractivity contribution in [3.05, 3.63) is 60.8 Å². The van der Waals surface area contributed by atoms with Gasteiger partial charge in [0.1, 0.15) is 23.7 Å². The number of hydrogen-bond donors (Lipinski definition) is 0. The second kappa shape index (κ2) is 7.12. The summed E-state index contributed by atoms with van der Waals surface area (Å²) in [6.07, 6.45) is 6.66. The van der Waals surface area contributed by atoms with Crippen molar-refractivity contribution >= 4 is 5.82 Å². The summed E-state index contributed by atoms with van der Waals surface area (Å²) in [5.41, 5.74) is 1.20. The van der Waals surface area contributed by atoms with Gasteiger partial charge in [-0.2, -0.15) is 4.98 Å². The first-order chi connectivity index (χ1) is 15.9. The van der Waals surface area contributed by atoms with Crippen LogP contribution in [0.4, 0.5) is 19.0 Å². The Balaban J connectivity index is 1.49. The van der Waals surface area contributed by atoms with Gasteiger partial charge in [-0.25, -0.2) is 23.1 Å². The van der Waals surface area contributed by atoms with Crippen molar-refractivity contribution in [3.8, 4) is 23.0 Å². The third kappa shape index (κ3) is 3.10. The lowest BCUT2D eigenvalue weighted by atomic mass is 9.85. The molecule has 2 aliphatic rings. The molecule has 0 spiro atoms. The lowest BCUT2D eigenvalue weighted by Crippen LogP contribution is -2.54. The highest BCUT2D eigenvalue weighted by molar-refractivity contribution is 5.64. The highest BCUT2D eigenvalue weighted by Crippen LogP contribution is 2.48. The molecule has 0 saturated heterocycles. The number of aromatic nitrogens is 7. The van der Waals surface area contributed by atoms with E-state index in [1.54, 1.807) is 41.6 Å². The van der Waals surface area contributed by atoms with Gasteiger partial charge in [0.2, 0.25) is 5.95 Å². The summed E-state index contributed by atoms with van der Waals surface area (Å²) in [5.74, 6) is -1.05. The molecule has 0 bridgehead atoms. The molecule has 168 valence electrons. The van der Waals surface area contributed by atoms with Crippen molar-refractivity contribution in [1.82, 2.24) is 34.3 Å². The Hall–Kier alpha value is -3.76. The highest BCUT2D eigenvalue weighted by Gasteiger charge is 2.51. The maximum Gasteiger partial charge on any atom is 0.252 e. The van der Waals surface area contributed by atoms with E-state index < -0.39 is 5.92 Å². The summed E-state index contributed by atoms with van der Waals surface area (Å²) in [6, 6.07) is 5.49. The molecule has 8 nitrogen and oxygen atoms in total. The molecule has 1 aromatic carbocycles. The van der Waals surface area contributed by atoms with Gasteiger partial charge in [0.25, 0.3) is 5.92 Å².